The Balaban J connectivity index is 1.72. The van der Waals surface area contributed by atoms with Crippen molar-refractivity contribution in [1.29, 1.82) is 5.26 Å². The van der Waals surface area contributed by atoms with Gasteiger partial charge in [-0.15, -0.1) is 11.3 Å². The monoisotopic (exact) mass is 406 g/mol. The standard InChI is InChI=1S/C25H30N2OS/c1-16(2)18-9-6-17(7-10-18)8-13-23(28)27-24-21(15-26)20-12-11-19(25(3,4)5)14-22(20)29-24/h6-10,13,16,19H,11-12,14H2,1-5H3,(H,27,28)/b13-8+/t19-/m1/s1. The number of rotatable bonds is 4. The fraction of sp³-hybridized carbons (Fsp3) is 0.440. The van der Waals surface area contributed by atoms with Gasteiger partial charge in [-0.05, 0) is 59.3 Å². The van der Waals surface area contributed by atoms with Crippen molar-refractivity contribution in [3.05, 3.63) is 57.5 Å². The number of nitrogens with zero attached hydrogens (tertiary/aromatic N) is 1. The molecule has 0 spiro atoms. The molecule has 1 atom stereocenters. The van der Waals surface area contributed by atoms with Gasteiger partial charge < -0.3 is 5.32 Å². The molecule has 0 radical (unpaired) electrons. The molecule has 0 unspecified atom stereocenters. The van der Waals surface area contributed by atoms with Crippen LogP contribution in [-0.4, -0.2) is 5.91 Å². The van der Waals surface area contributed by atoms with Crippen LogP contribution >= 0.6 is 11.3 Å². The minimum absolute atomic E-state index is 0.194. The fourth-order valence-corrected chi connectivity index (χ4v) is 5.13. The number of amides is 1. The van der Waals surface area contributed by atoms with Crippen LogP contribution in [0.3, 0.4) is 0 Å². The van der Waals surface area contributed by atoms with Gasteiger partial charge in [-0.2, -0.15) is 5.26 Å². The van der Waals surface area contributed by atoms with Gasteiger partial charge in [0.05, 0.1) is 5.56 Å². The van der Waals surface area contributed by atoms with Crippen LogP contribution in [0, 0.1) is 22.7 Å². The lowest BCUT2D eigenvalue weighted by Gasteiger charge is -2.33. The van der Waals surface area contributed by atoms with E-state index in [0.717, 1.165) is 30.4 Å². The Hall–Kier alpha value is -2.38. The molecule has 1 aromatic carbocycles. The highest BCUT2D eigenvalue weighted by atomic mass is 32.1. The predicted molar refractivity (Wildman–Crippen MR) is 122 cm³/mol. The van der Waals surface area contributed by atoms with Gasteiger partial charge in [0.25, 0.3) is 0 Å². The van der Waals surface area contributed by atoms with Gasteiger partial charge in [-0.25, -0.2) is 0 Å². The number of hydrogen-bond acceptors (Lipinski definition) is 3. The molecule has 0 fully saturated rings. The van der Waals surface area contributed by atoms with Crippen molar-refractivity contribution in [2.45, 2.75) is 59.8 Å². The molecule has 1 heterocycles. The number of benzene rings is 1. The third-order valence-corrected chi connectivity index (χ3v) is 7.04. The SMILES string of the molecule is CC(C)c1ccc(/C=C/C(=O)Nc2sc3c(c2C#N)CC[C@@H](C(C)(C)C)C3)cc1. The zero-order valence-corrected chi connectivity index (χ0v) is 18.8. The number of fused-ring (bicyclic) bond motifs is 1. The minimum Gasteiger partial charge on any atom is -0.313 e. The molecule has 2 aromatic rings. The maximum Gasteiger partial charge on any atom is 0.249 e. The van der Waals surface area contributed by atoms with Gasteiger partial charge >= 0.3 is 0 Å². The lowest BCUT2D eigenvalue weighted by Crippen LogP contribution is -2.26. The van der Waals surface area contributed by atoms with Crippen molar-refractivity contribution in [3.8, 4) is 6.07 Å². The first kappa shape index (κ1) is 21.3. The highest BCUT2D eigenvalue weighted by Gasteiger charge is 2.32. The molecular weight excluding hydrogens is 376 g/mol. The van der Waals surface area contributed by atoms with E-state index in [-0.39, 0.29) is 11.3 Å². The molecule has 3 nitrogen and oxygen atoms in total. The lowest BCUT2D eigenvalue weighted by atomic mass is 9.72. The molecule has 0 saturated heterocycles. The molecule has 1 aliphatic carbocycles. The molecule has 1 aliphatic rings. The molecule has 3 rings (SSSR count). The van der Waals surface area contributed by atoms with Crippen molar-refractivity contribution in [3.63, 3.8) is 0 Å². The second-order valence-electron chi connectivity index (χ2n) is 9.27. The quantitative estimate of drug-likeness (QED) is 0.586. The normalized spacial score (nSPS) is 16.7. The largest absolute Gasteiger partial charge is 0.313 e. The number of thiophene rings is 1. The molecule has 4 heteroatoms. The van der Waals surface area contributed by atoms with Gasteiger partial charge in [-0.1, -0.05) is 58.9 Å². The van der Waals surface area contributed by atoms with Gasteiger partial charge in [0.15, 0.2) is 0 Å². The average molecular weight is 407 g/mol. The van der Waals surface area contributed by atoms with Crippen LogP contribution < -0.4 is 5.32 Å². The zero-order valence-electron chi connectivity index (χ0n) is 18.0. The first-order chi connectivity index (χ1) is 13.7. The lowest BCUT2D eigenvalue weighted by molar-refractivity contribution is -0.111. The number of carbonyl (C=O) groups excluding carboxylic acids is 1. The summed E-state index contributed by atoms with van der Waals surface area (Å²) in [5.41, 5.74) is 4.32. The summed E-state index contributed by atoms with van der Waals surface area (Å²) in [4.78, 5) is 13.7. The van der Waals surface area contributed by atoms with Gasteiger partial charge in [0.2, 0.25) is 5.91 Å². The summed E-state index contributed by atoms with van der Waals surface area (Å²) >= 11 is 1.57. The first-order valence-electron chi connectivity index (χ1n) is 10.3. The summed E-state index contributed by atoms with van der Waals surface area (Å²) in [6.45, 7) is 11.2. The van der Waals surface area contributed by atoms with E-state index in [1.807, 2.05) is 18.2 Å². The molecule has 1 N–H and O–H groups in total. The van der Waals surface area contributed by atoms with Crippen LogP contribution in [0.1, 0.15) is 74.1 Å². The number of hydrogen-bond donors (Lipinski definition) is 1. The van der Waals surface area contributed by atoms with E-state index in [9.17, 15) is 10.1 Å². The number of anilines is 1. The second kappa shape index (κ2) is 8.55. The van der Waals surface area contributed by atoms with E-state index in [1.165, 1.54) is 10.4 Å². The third kappa shape index (κ3) is 4.97. The minimum atomic E-state index is -0.194. The molecule has 152 valence electrons. The molecule has 0 saturated carbocycles. The number of nitriles is 1. The van der Waals surface area contributed by atoms with Crippen LogP contribution in [-0.2, 0) is 17.6 Å². The Morgan fingerprint density at radius 3 is 2.55 bits per heavy atom. The van der Waals surface area contributed by atoms with Crippen LogP contribution in [0.2, 0.25) is 0 Å². The van der Waals surface area contributed by atoms with Gasteiger partial charge in [0, 0.05) is 11.0 Å². The van der Waals surface area contributed by atoms with E-state index >= 15 is 0 Å². The van der Waals surface area contributed by atoms with E-state index in [0.29, 0.717) is 22.4 Å². The van der Waals surface area contributed by atoms with Gasteiger partial charge in [-0.3, -0.25) is 4.79 Å². The van der Waals surface area contributed by atoms with E-state index in [1.54, 1.807) is 17.4 Å². The highest BCUT2D eigenvalue weighted by Crippen LogP contribution is 2.43. The second-order valence-corrected chi connectivity index (χ2v) is 10.4. The van der Waals surface area contributed by atoms with E-state index in [2.05, 4.69) is 58.1 Å². The summed E-state index contributed by atoms with van der Waals surface area (Å²) in [5.74, 6) is 0.904. The van der Waals surface area contributed by atoms with Crippen molar-refractivity contribution in [1.82, 2.24) is 0 Å². The Labute approximate surface area is 178 Å². The first-order valence-corrected chi connectivity index (χ1v) is 11.1. The predicted octanol–water partition coefficient (Wildman–Crippen LogP) is 6.55. The van der Waals surface area contributed by atoms with Crippen molar-refractivity contribution in [2.75, 3.05) is 5.32 Å². The van der Waals surface area contributed by atoms with Crippen LogP contribution in [0.4, 0.5) is 5.00 Å². The Bertz CT molecular complexity index is 952. The molecule has 0 bridgehead atoms. The van der Waals surface area contributed by atoms with Crippen LogP contribution in [0.15, 0.2) is 30.3 Å². The van der Waals surface area contributed by atoms with Crippen molar-refractivity contribution in [2.24, 2.45) is 11.3 Å². The van der Waals surface area contributed by atoms with Gasteiger partial charge in [0.1, 0.15) is 11.1 Å². The van der Waals surface area contributed by atoms with E-state index < -0.39 is 0 Å². The van der Waals surface area contributed by atoms with Crippen molar-refractivity contribution >= 4 is 28.3 Å². The Morgan fingerprint density at radius 2 is 1.97 bits per heavy atom. The average Bonchev–Trinajstić information content (AvgIpc) is 3.02. The summed E-state index contributed by atoms with van der Waals surface area (Å²) in [5, 5.41) is 13.3. The third-order valence-electron chi connectivity index (χ3n) is 5.87. The van der Waals surface area contributed by atoms with E-state index in [4.69, 9.17) is 0 Å². The highest BCUT2D eigenvalue weighted by molar-refractivity contribution is 7.16. The Kier molecular flexibility index (Phi) is 6.29. The summed E-state index contributed by atoms with van der Waals surface area (Å²) in [6.07, 6.45) is 6.37. The maximum absolute atomic E-state index is 12.5. The summed E-state index contributed by atoms with van der Waals surface area (Å²) in [7, 11) is 0. The summed E-state index contributed by atoms with van der Waals surface area (Å²) in [6, 6.07) is 10.6. The number of carbonyl (C=O) groups is 1. The molecule has 0 aliphatic heterocycles. The smallest absolute Gasteiger partial charge is 0.249 e. The van der Waals surface area contributed by atoms with Crippen LogP contribution in [0.5, 0.6) is 0 Å². The molecule has 29 heavy (non-hydrogen) atoms. The number of nitrogens with one attached hydrogen (secondary N) is 1. The molecule has 1 aromatic heterocycles. The zero-order chi connectivity index (χ0) is 21.2. The van der Waals surface area contributed by atoms with Crippen molar-refractivity contribution < 1.29 is 4.79 Å². The Morgan fingerprint density at radius 1 is 1.28 bits per heavy atom. The topological polar surface area (TPSA) is 52.9 Å². The maximum atomic E-state index is 12.5. The van der Waals surface area contributed by atoms with Crippen LogP contribution in [0.25, 0.3) is 6.08 Å². The molecular formula is C25H30N2OS. The molecule has 1 amide bonds. The fourth-order valence-electron chi connectivity index (χ4n) is 3.85. The summed E-state index contributed by atoms with van der Waals surface area (Å²) < 4.78 is 0.